The van der Waals surface area contributed by atoms with Crippen molar-refractivity contribution in [3.05, 3.63) is 94.3 Å². The van der Waals surface area contributed by atoms with Crippen LogP contribution in [0.5, 0.6) is 0 Å². The van der Waals surface area contributed by atoms with Gasteiger partial charge in [-0.3, -0.25) is 14.6 Å². The van der Waals surface area contributed by atoms with Crippen LogP contribution in [0, 0.1) is 6.92 Å². The second-order valence-electron chi connectivity index (χ2n) is 7.06. The summed E-state index contributed by atoms with van der Waals surface area (Å²) in [7, 11) is -3.95. The number of H-pyrrole nitrogens is 1. The van der Waals surface area contributed by atoms with Crippen molar-refractivity contribution in [3.63, 3.8) is 0 Å². The molecular formula is C22H20ClN3O3S. The van der Waals surface area contributed by atoms with Crippen molar-refractivity contribution in [3.8, 4) is 0 Å². The molecule has 1 N–H and O–H groups in total. The Bertz CT molecular complexity index is 1340. The van der Waals surface area contributed by atoms with Crippen molar-refractivity contribution in [2.45, 2.75) is 24.8 Å². The van der Waals surface area contributed by atoms with Crippen LogP contribution in [0.15, 0.2) is 82.5 Å². The third-order valence-corrected chi connectivity index (χ3v) is 7.19. The van der Waals surface area contributed by atoms with E-state index in [9.17, 15) is 13.2 Å². The molecule has 0 aliphatic carbocycles. The van der Waals surface area contributed by atoms with Crippen LogP contribution in [0.3, 0.4) is 0 Å². The summed E-state index contributed by atoms with van der Waals surface area (Å²) in [5.74, 6) is 0. The van der Waals surface area contributed by atoms with Crippen LogP contribution in [0.2, 0.25) is 0 Å². The smallest absolute Gasteiger partial charge is 0.278 e. The van der Waals surface area contributed by atoms with E-state index in [0.29, 0.717) is 21.3 Å². The van der Waals surface area contributed by atoms with Gasteiger partial charge in [-0.25, -0.2) is 0 Å². The topological polar surface area (TPSA) is 75.2 Å². The standard InChI is InChI=1S/C22H20ClN3O3S/c1-16-7-10-19(11-8-16)30(28,29)26(23)18-9-12-21-20(15-18)22(27)24-25(21)14-13-17-5-3-2-4-6-17/h2-12,15H,13-14H2,1H3,(H,24,27). The highest BCUT2D eigenvalue weighted by Gasteiger charge is 2.24. The fourth-order valence-electron chi connectivity index (χ4n) is 3.30. The largest absolute Gasteiger partial charge is 0.284 e. The van der Waals surface area contributed by atoms with Gasteiger partial charge in [0, 0.05) is 18.3 Å². The van der Waals surface area contributed by atoms with E-state index in [0.717, 1.165) is 17.5 Å². The van der Waals surface area contributed by atoms with Crippen molar-refractivity contribution in [1.82, 2.24) is 9.78 Å². The minimum Gasteiger partial charge on any atom is -0.284 e. The molecule has 0 aliphatic rings. The van der Waals surface area contributed by atoms with Gasteiger partial charge in [0.05, 0.1) is 21.5 Å². The number of rotatable bonds is 6. The maximum Gasteiger partial charge on any atom is 0.278 e. The molecule has 0 fully saturated rings. The zero-order chi connectivity index (χ0) is 21.3. The third kappa shape index (κ3) is 3.86. The number of benzene rings is 3. The SMILES string of the molecule is Cc1ccc(S(=O)(=O)N(Cl)c2ccc3c(c2)c(=O)[nH]n3CCc2ccccc2)cc1. The van der Waals surface area contributed by atoms with Crippen LogP contribution in [0.1, 0.15) is 11.1 Å². The maximum absolute atomic E-state index is 12.8. The molecule has 0 unspecified atom stereocenters. The Morgan fingerprint density at radius 2 is 1.70 bits per heavy atom. The first kappa shape index (κ1) is 20.3. The number of hydrogen-bond donors (Lipinski definition) is 1. The van der Waals surface area contributed by atoms with Crippen molar-refractivity contribution >= 4 is 38.4 Å². The van der Waals surface area contributed by atoms with Gasteiger partial charge < -0.3 is 0 Å². The molecule has 0 radical (unpaired) electrons. The van der Waals surface area contributed by atoms with Crippen LogP contribution in [-0.4, -0.2) is 18.2 Å². The highest BCUT2D eigenvalue weighted by molar-refractivity contribution is 7.94. The lowest BCUT2D eigenvalue weighted by Crippen LogP contribution is -2.21. The van der Waals surface area contributed by atoms with Gasteiger partial charge in [-0.05, 0) is 49.2 Å². The summed E-state index contributed by atoms with van der Waals surface area (Å²) in [6.45, 7) is 2.46. The van der Waals surface area contributed by atoms with E-state index in [1.807, 2.05) is 37.3 Å². The van der Waals surface area contributed by atoms with Gasteiger partial charge in [0.25, 0.3) is 15.6 Å². The Morgan fingerprint density at radius 1 is 1.00 bits per heavy atom. The van der Waals surface area contributed by atoms with Gasteiger partial charge >= 0.3 is 0 Å². The average Bonchev–Trinajstić information content (AvgIpc) is 3.08. The molecular weight excluding hydrogens is 422 g/mol. The van der Waals surface area contributed by atoms with Gasteiger partial charge in [0.2, 0.25) is 0 Å². The van der Waals surface area contributed by atoms with E-state index in [1.165, 1.54) is 18.2 Å². The molecule has 0 atom stereocenters. The second-order valence-corrected chi connectivity index (χ2v) is 9.39. The summed E-state index contributed by atoms with van der Waals surface area (Å²) in [4.78, 5) is 12.5. The number of nitrogens with one attached hydrogen (secondary N) is 1. The Kier molecular flexibility index (Phi) is 5.40. The number of sulfonamides is 1. The molecule has 8 heteroatoms. The maximum atomic E-state index is 12.8. The summed E-state index contributed by atoms with van der Waals surface area (Å²) < 4.78 is 28.1. The number of aryl methyl sites for hydroxylation is 3. The van der Waals surface area contributed by atoms with E-state index in [1.54, 1.807) is 28.9 Å². The lowest BCUT2D eigenvalue weighted by atomic mass is 10.1. The molecule has 6 nitrogen and oxygen atoms in total. The molecule has 154 valence electrons. The third-order valence-electron chi connectivity index (χ3n) is 4.95. The molecule has 3 aromatic carbocycles. The highest BCUT2D eigenvalue weighted by Crippen LogP contribution is 2.28. The van der Waals surface area contributed by atoms with E-state index < -0.39 is 10.0 Å². The predicted molar refractivity (Wildman–Crippen MR) is 119 cm³/mol. The number of aromatic nitrogens is 2. The molecule has 1 heterocycles. The van der Waals surface area contributed by atoms with Gasteiger partial charge in [0.15, 0.2) is 0 Å². The number of hydrogen-bond acceptors (Lipinski definition) is 3. The molecule has 4 rings (SSSR count). The molecule has 0 amide bonds. The Labute approximate surface area is 179 Å². The monoisotopic (exact) mass is 441 g/mol. The quantitative estimate of drug-likeness (QED) is 0.455. The zero-order valence-corrected chi connectivity index (χ0v) is 17.8. The first-order valence-electron chi connectivity index (χ1n) is 9.40. The van der Waals surface area contributed by atoms with E-state index in [2.05, 4.69) is 5.10 Å². The summed E-state index contributed by atoms with van der Waals surface area (Å²) in [6, 6.07) is 21.2. The van der Waals surface area contributed by atoms with Crippen LogP contribution < -0.4 is 9.38 Å². The Morgan fingerprint density at radius 3 is 2.40 bits per heavy atom. The summed E-state index contributed by atoms with van der Waals surface area (Å²) in [5, 5.41) is 3.20. The lowest BCUT2D eigenvalue weighted by Gasteiger charge is -2.16. The van der Waals surface area contributed by atoms with Crippen LogP contribution >= 0.6 is 11.8 Å². The second kappa shape index (κ2) is 8.01. The summed E-state index contributed by atoms with van der Waals surface area (Å²) >= 11 is 6.20. The molecule has 4 aromatic rings. The molecule has 0 aliphatic heterocycles. The van der Waals surface area contributed by atoms with E-state index in [4.69, 9.17) is 11.8 Å². The molecule has 0 saturated carbocycles. The number of fused-ring (bicyclic) bond motifs is 1. The van der Waals surface area contributed by atoms with Crippen molar-refractivity contribution < 1.29 is 8.42 Å². The first-order valence-corrected chi connectivity index (χ1v) is 11.2. The summed E-state index contributed by atoms with van der Waals surface area (Å²) in [5.41, 5.74) is 2.71. The van der Waals surface area contributed by atoms with Gasteiger partial charge in [-0.1, -0.05) is 48.0 Å². The van der Waals surface area contributed by atoms with Crippen molar-refractivity contribution in [1.29, 1.82) is 0 Å². The Hall–Kier alpha value is -3.03. The van der Waals surface area contributed by atoms with Gasteiger partial charge in [-0.15, -0.1) is 0 Å². The molecule has 0 bridgehead atoms. The molecule has 30 heavy (non-hydrogen) atoms. The fraction of sp³-hybridized carbons (Fsp3) is 0.136. The average molecular weight is 442 g/mol. The fourth-order valence-corrected chi connectivity index (χ4v) is 4.70. The number of aromatic amines is 1. The minimum absolute atomic E-state index is 0.0811. The summed E-state index contributed by atoms with van der Waals surface area (Å²) in [6.07, 6.45) is 0.756. The van der Waals surface area contributed by atoms with Crippen LogP contribution in [-0.2, 0) is 23.0 Å². The first-order chi connectivity index (χ1) is 14.4. The molecule has 0 saturated heterocycles. The number of anilines is 1. The number of halogens is 1. The number of nitrogens with zero attached hydrogens (tertiary/aromatic N) is 2. The predicted octanol–water partition coefficient (Wildman–Crippen LogP) is 4.23. The van der Waals surface area contributed by atoms with Crippen molar-refractivity contribution in [2.75, 3.05) is 3.82 Å². The van der Waals surface area contributed by atoms with Gasteiger partial charge in [-0.2, -0.15) is 12.2 Å². The van der Waals surface area contributed by atoms with E-state index >= 15 is 0 Å². The van der Waals surface area contributed by atoms with Gasteiger partial charge in [0.1, 0.15) is 0 Å². The zero-order valence-electron chi connectivity index (χ0n) is 16.2. The van der Waals surface area contributed by atoms with Crippen LogP contribution in [0.25, 0.3) is 10.9 Å². The minimum atomic E-state index is -3.95. The van der Waals surface area contributed by atoms with E-state index in [-0.39, 0.29) is 16.1 Å². The lowest BCUT2D eigenvalue weighted by molar-refractivity contribution is 0.598. The highest BCUT2D eigenvalue weighted by atomic mass is 35.5. The normalized spacial score (nSPS) is 11.7. The van der Waals surface area contributed by atoms with Crippen molar-refractivity contribution in [2.24, 2.45) is 0 Å². The Balaban J connectivity index is 1.64. The molecule has 1 aromatic heterocycles. The van der Waals surface area contributed by atoms with Crippen LogP contribution in [0.4, 0.5) is 5.69 Å². The molecule has 0 spiro atoms.